The predicted octanol–water partition coefficient (Wildman–Crippen LogP) is 1.78. The van der Waals surface area contributed by atoms with E-state index >= 15 is 0 Å². The maximum absolute atomic E-state index is 13.2. The SMILES string of the molecule is CCOc1cc2c(cc1C(=O)NCC(O)C1Cc3ccccc3CN1)CN(Cc1cnn(C)c1)C2=O. The number of aromatic nitrogens is 2. The van der Waals surface area contributed by atoms with Crippen molar-refractivity contribution in [2.24, 2.45) is 7.05 Å². The van der Waals surface area contributed by atoms with E-state index < -0.39 is 6.10 Å². The van der Waals surface area contributed by atoms with Crippen LogP contribution in [-0.4, -0.2) is 56.9 Å². The van der Waals surface area contributed by atoms with Crippen LogP contribution in [0.25, 0.3) is 0 Å². The van der Waals surface area contributed by atoms with Gasteiger partial charge in [0.1, 0.15) is 5.75 Å². The molecule has 0 fully saturated rings. The molecule has 2 unspecified atom stereocenters. The van der Waals surface area contributed by atoms with Crippen molar-refractivity contribution in [3.63, 3.8) is 0 Å². The fourth-order valence-electron chi connectivity index (χ4n) is 4.94. The van der Waals surface area contributed by atoms with Gasteiger partial charge in [-0.3, -0.25) is 14.3 Å². The van der Waals surface area contributed by atoms with E-state index in [0.29, 0.717) is 49.5 Å². The summed E-state index contributed by atoms with van der Waals surface area (Å²) in [6.45, 7) is 3.84. The van der Waals surface area contributed by atoms with Crippen molar-refractivity contribution >= 4 is 11.8 Å². The maximum atomic E-state index is 13.2. The summed E-state index contributed by atoms with van der Waals surface area (Å²) in [6.07, 6.45) is 3.58. The number of nitrogens with zero attached hydrogens (tertiary/aromatic N) is 3. The van der Waals surface area contributed by atoms with Crippen LogP contribution in [0.3, 0.4) is 0 Å². The molecule has 9 heteroatoms. The van der Waals surface area contributed by atoms with E-state index in [2.05, 4.69) is 27.9 Å². The summed E-state index contributed by atoms with van der Waals surface area (Å²) in [5, 5.41) is 21.2. The molecule has 2 aliphatic heterocycles. The Hall–Kier alpha value is -3.69. The van der Waals surface area contributed by atoms with Gasteiger partial charge in [-0.25, -0.2) is 0 Å². The van der Waals surface area contributed by atoms with Crippen LogP contribution < -0.4 is 15.4 Å². The lowest BCUT2D eigenvalue weighted by Crippen LogP contribution is -2.49. The number of aliphatic hydroxyl groups excluding tert-OH is 1. The molecular formula is C27H31N5O4. The Labute approximate surface area is 210 Å². The van der Waals surface area contributed by atoms with Gasteiger partial charge in [-0.05, 0) is 42.2 Å². The molecule has 0 bridgehead atoms. The second-order valence-electron chi connectivity index (χ2n) is 9.36. The zero-order valence-corrected chi connectivity index (χ0v) is 20.5. The van der Waals surface area contributed by atoms with Crippen LogP contribution in [0.5, 0.6) is 5.75 Å². The number of carbonyl (C=O) groups excluding carboxylic acids is 2. The standard InChI is InChI=1S/C27H31N5O4/c1-3-36-25-10-21-20(16-32(27(21)35)15-17-11-30-31(2)14-17)8-22(25)26(34)29-13-24(33)23-9-18-6-4-5-7-19(18)12-28-23/h4-8,10-11,14,23-24,28,33H,3,9,12-13,15-16H2,1-2H3,(H,29,34). The number of nitrogens with one attached hydrogen (secondary N) is 2. The molecule has 0 aliphatic carbocycles. The highest BCUT2D eigenvalue weighted by Crippen LogP contribution is 2.31. The zero-order valence-electron chi connectivity index (χ0n) is 20.5. The number of benzene rings is 2. The van der Waals surface area contributed by atoms with Crippen molar-refractivity contribution in [1.82, 2.24) is 25.3 Å². The van der Waals surface area contributed by atoms with Gasteiger partial charge in [0, 0.05) is 56.6 Å². The van der Waals surface area contributed by atoms with Gasteiger partial charge in [-0.2, -0.15) is 5.10 Å². The number of aryl methyl sites for hydroxylation is 1. The molecule has 0 radical (unpaired) electrons. The van der Waals surface area contributed by atoms with E-state index in [1.807, 2.05) is 32.3 Å². The van der Waals surface area contributed by atoms with E-state index in [0.717, 1.165) is 11.1 Å². The lowest BCUT2D eigenvalue weighted by molar-refractivity contribution is 0.0766. The lowest BCUT2D eigenvalue weighted by Gasteiger charge is -2.30. The average Bonchev–Trinajstić information content (AvgIpc) is 3.43. The number of carbonyl (C=O) groups is 2. The van der Waals surface area contributed by atoms with Crippen molar-refractivity contribution < 1.29 is 19.4 Å². The maximum Gasteiger partial charge on any atom is 0.255 e. The number of hydrogen-bond acceptors (Lipinski definition) is 6. The van der Waals surface area contributed by atoms with Gasteiger partial charge in [0.2, 0.25) is 0 Å². The number of amides is 2. The number of fused-ring (bicyclic) bond motifs is 2. The van der Waals surface area contributed by atoms with Gasteiger partial charge in [0.05, 0.1) is 24.5 Å². The highest BCUT2D eigenvalue weighted by Gasteiger charge is 2.31. The van der Waals surface area contributed by atoms with E-state index in [1.165, 1.54) is 11.1 Å². The quantitative estimate of drug-likeness (QED) is 0.445. The Morgan fingerprint density at radius 1 is 1.28 bits per heavy atom. The molecule has 9 nitrogen and oxygen atoms in total. The molecule has 3 aromatic rings. The van der Waals surface area contributed by atoms with E-state index in [-0.39, 0.29) is 24.4 Å². The summed E-state index contributed by atoms with van der Waals surface area (Å²) < 4.78 is 7.43. The van der Waals surface area contributed by atoms with Crippen LogP contribution in [0.15, 0.2) is 48.8 Å². The summed E-state index contributed by atoms with van der Waals surface area (Å²) >= 11 is 0. The normalized spacial score (nSPS) is 17.5. The molecule has 2 aromatic carbocycles. The second-order valence-corrected chi connectivity index (χ2v) is 9.36. The third-order valence-corrected chi connectivity index (χ3v) is 6.81. The van der Waals surface area contributed by atoms with Crippen molar-refractivity contribution in [1.29, 1.82) is 0 Å². The lowest BCUT2D eigenvalue weighted by atomic mass is 9.93. The highest BCUT2D eigenvalue weighted by molar-refractivity contribution is 6.03. The largest absolute Gasteiger partial charge is 0.493 e. The molecule has 188 valence electrons. The zero-order chi connectivity index (χ0) is 25.2. The Kier molecular flexibility index (Phi) is 6.75. The van der Waals surface area contributed by atoms with Crippen LogP contribution >= 0.6 is 0 Å². The van der Waals surface area contributed by atoms with Gasteiger partial charge in [0.25, 0.3) is 11.8 Å². The number of aliphatic hydroxyl groups is 1. The number of hydrogen-bond donors (Lipinski definition) is 3. The minimum absolute atomic E-state index is 0.0964. The Morgan fingerprint density at radius 3 is 2.83 bits per heavy atom. The molecule has 2 amide bonds. The monoisotopic (exact) mass is 489 g/mol. The van der Waals surface area contributed by atoms with Crippen LogP contribution in [-0.2, 0) is 33.1 Å². The second kappa shape index (κ2) is 10.1. The van der Waals surface area contributed by atoms with Crippen molar-refractivity contribution in [3.05, 3.63) is 82.2 Å². The molecule has 5 rings (SSSR count). The molecule has 0 saturated heterocycles. The van der Waals surface area contributed by atoms with Gasteiger partial charge in [-0.15, -0.1) is 0 Å². The van der Waals surface area contributed by atoms with Crippen molar-refractivity contribution in [2.75, 3.05) is 13.2 Å². The van der Waals surface area contributed by atoms with Crippen LogP contribution in [0.2, 0.25) is 0 Å². The van der Waals surface area contributed by atoms with Crippen LogP contribution in [0.1, 0.15) is 49.9 Å². The van der Waals surface area contributed by atoms with Crippen LogP contribution in [0.4, 0.5) is 0 Å². The molecule has 3 heterocycles. The number of rotatable bonds is 8. The van der Waals surface area contributed by atoms with E-state index in [9.17, 15) is 14.7 Å². The molecule has 2 aliphatic rings. The molecule has 36 heavy (non-hydrogen) atoms. The first-order chi connectivity index (χ1) is 17.4. The Bertz CT molecular complexity index is 1290. The third kappa shape index (κ3) is 4.84. The molecule has 1 aromatic heterocycles. The topological polar surface area (TPSA) is 109 Å². The van der Waals surface area contributed by atoms with Crippen LogP contribution in [0, 0.1) is 0 Å². The first kappa shape index (κ1) is 24.0. The predicted molar refractivity (Wildman–Crippen MR) is 134 cm³/mol. The first-order valence-corrected chi connectivity index (χ1v) is 12.3. The van der Waals surface area contributed by atoms with E-state index in [4.69, 9.17) is 4.74 Å². The van der Waals surface area contributed by atoms with Gasteiger partial charge >= 0.3 is 0 Å². The summed E-state index contributed by atoms with van der Waals surface area (Å²) in [6, 6.07) is 11.4. The minimum Gasteiger partial charge on any atom is -0.493 e. The summed E-state index contributed by atoms with van der Waals surface area (Å²) in [5.74, 6) is -0.0694. The highest BCUT2D eigenvalue weighted by atomic mass is 16.5. The first-order valence-electron chi connectivity index (χ1n) is 12.3. The summed E-state index contributed by atoms with van der Waals surface area (Å²) in [4.78, 5) is 27.9. The minimum atomic E-state index is -0.746. The van der Waals surface area contributed by atoms with Gasteiger partial charge in [-0.1, -0.05) is 24.3 Å². The average molecular weight is 490 g/mol. The van der Waals surface area contributed by atoms with E-state index in [1.54, 1.807) is 27.9 Å². The summed E-state index contributed by atoms with van der Waals surface area (Å²) in [7, 11) is 1.84. The van der Waals surface area contributed by atoms with Gasteiger partial charge < -0.3 is 25.4 Å². The molecule has 2 atom stereocenters. The van der Waals surface area contributed by atoms with Crippen molar-refractivity contribution in [3.8, 4) is 5.75 Å². The third-order valence-electron chi connectivity index (χ3n) is 6.81. The fourth-order valence-corrected chi connectivity index (χ4v) is 4.94. The Balaban J connectivity index is 1.27. The summed E-state index contributed by atoms with van der Waals surface area (Å²) in [5.41, 5.74) is 5.07. The van der Waals surface area contributed by atoms with Gasteiger partial charge in [0.15, 0.2) is 0 Å². The van der Waals surface area contributed by atoms with Crippen molar-refractivity contribution in [2.45, 2.75) is 45.1 Å². The Morgan fingerprint density at radius 2 is 2.08 bits per heavy atom. The molecular weight excluding hydrogens is 458 g/mol. The number of ether oxygens (including phenoxy) is 1. The fraction of sp³-hybridized carbons (Fsp3) is 0.370. The smallest absolute Gasteiger partial charge is 0.255 e. The molecule has 0 saturated carbocycles. The molecule has 0 spiro atoms. The molecule has 3 N–H and O–H groups in total.